The molecular formula is C26H47ClN2O5S. The van der Waals surface area contributed by atoms with Gasteiger partial charge in [0.25, 0.3) is 15.8 Å². The minimum atomic E-state index is -4.53. The number of unbranched alkanes of at least 4 members (excludes halogenated alkanes) is 14. The predicted octanol–water partition coefficient (Wildman–Crippen LogP) is 8.48. The number of benzene rings is 1. The van der Waals surface area contributed by atoms with Crippen LogP contribution in [0.3, 0.4) is 0 Å². The predicted molar refractivity (Wildman–Crippen MR) is 146 cm³/mol. The van der Waals surface area contributed by atoms with Crippen molar-refractivity contribution in [2.75, 3.05) is 0 Å². The van der Waals surface area contributed by atoms with Crippen molar-refractivity contribution in [3.05, 3.63) is 33.3 Å². The fourth-order valence-corrected chi connectivity index (χ4v) is 4.75. The van der Waals surface area contributed by atoms with Crippen LogP contribution in [0.1, 0.15) is 124 Å². The number of hydrogen-bond donors (Lipinski definition) is 2. The molecule has 0 radical (unpaired) electrons. The second-order valence-electron chi connectivity index (χ2n) is 10.0. The van der Waals surface area contributed by atoms with E-state index in [1.165, 1.54) is 103 Å². The van der Waals surface area contributed by atoms with E-state index >= 15 is 0 Å². The van der Waals surface area contributed by atoms with Crippen LogP contribution >= 0.6 is 11.6 Å². The molecule has 0 amide bonds. The topological polar surface area (TPSA) is 124 Å². The minimum Gasteiger partial charge on any atom is -0.326 e. The maximum atomic E-state index is 10.7. The van der Waals surface area contributed by atoms with Crippen molar-refractivity contribution in [2.24, 2.45) is 5.73 Å². The van der Waals surface area contributed by atoms with Gasteiger partial charge in [0.05, 0.1) is 9.95 Å². The Bertz CT molecular complexity index is 810. The van der Waals surface area contributed by atoms with E-state index in [1.807, 2.05) is 0 Å². The third-order valence-electron chi connectivity index (χ3n) is 5.83. The molecule has 7 nitrogen and oxygen atoms in total. The third-order valence-corrected chi connectivity index (χ3v) is 7.16. The molecule has 1 aromatic rings. The van der Waals surface area contributed by atoms with Crippen molar-refractivity contribution in [1.29, 1.82) is 0 Å². The average molecular weight is 535 g/mol. The van der Waals surface area contributed by atoms with E-state index in [9.17, 15) is 18.5 Å². The second kappa shape index (κ2) is 19.0. The summed E-state index contributed by atoms with van der Waals surface area (Å²) in [4.78, 5) is 8.82. The van der Waals surface area contributed by atoms with Crippen LogP contribution in [-0.4, -0.2) is 23.4 Å². The first-order chi connectivity index (χ1) is 16.4. The molecule has 3 N–H and O–H groups in total. The van der Waals surface area contributed by atoms with E-state index in [0.29, 0.717) is 6.07 Å². The molecule has 0 atom stereocenters. The smallest absolute Gasteiger partial charge is 0.296 e. The summed E-state index contributed by atoms with van der Waals surface area (Å²) >= 11 is 5.42. The van der Waals surface area contributed by atoms with Crippen LogP contribution in [0, 0.1) is 10.1 Å². The van der Waals surface area contributed by atoms with Gasteiger partial charge in [0.1, 0.15) is 4.90 Å². The number of nitrogens with zero attached hydrogens (tertiary/aromatic N) is 1. The van der Waals surface area contributed by atoms with Crippen LogP contribution in [0.2, 0.25) is 5.02 Å². The molecule has 0 saturated carbocycles. The lowest BCUT2D eigenvalue weighted by Gasteiger charge is -2.17. The van der Waals surface area contributed by atoms with Gasteiger partial charge in [-0.05, 0) is 26.3 Å². The van der Waals surface area contributed by atoms with Crippen molar-refractivity contribution in [3.63, 3.8) is 0 Å². The van der Waals surface area contributed by atoms with E-state index in [1.54, 1.807) is 0 Å². The molecule has 1 aromatic carbocycles. The Morgan fingerprint density at radius 3 is 1.63 bits per heavy atom. The van der Waals surface area contributed by atoms with Gasteiger partial charge < -0.3 is 5.73 Å². The van der Waals surface area contributed by atoms with Crippen LogP contribution in [0.25, 0.3) is 0 Å². The molecule has 35 heavy (non-hydrogen) atoms. The zero-order valence-corrected chi connectivity index (χ0v) is 23.5. The Labute approximate surface area is 218 Å². The highest BCUT2D eigenvalue weighted by Crippen LogP contribution is 2.25. The first kappa shape index (κ1) is 33.8. The van der Waals surface area contributed by atoms with Gasteiger partial charge in [0.15, 0.2) is 0 Å². The summed E-state index contributed by atoms with van der Waals surface area (Å²) in [6.45, 7) is 6.56. The summed E-state index contributed by atoms with van der Waals surface area (Å²) < 4.78 is 30.0. The van der Waals surface area contributed by atoms with Gasteiger partial charge in [-0.25, -0.2) is 0 Å². The fourth-order valence-electron chi connectivity index (χ4n) is 3.76. The van der Waals surface area contributed by atoms with Gasteiger partial charge >= 0.3 is 0 Å². The van der Waals surface area contributed by atoms with Crippen molar-refractivity contribution in [2.45, 2.75) is 134 Å². The van der Waals surface area contributed by atoms with Gasteiger partial charge in [-0.1, -0.05) is 115 Å². The first-order valence-electron chi connectivity index (χ1n) is 13.1. The Kier molecular flexibility index (Phi) is 18.3. The van der Waals surface area contributed by atoms with Gasteiger partial charge in [0.2, 0.25) is 0 Å². The van der Waals surface area contributed by atoms with E-state index in [0.717, 1.165) is 12.1 Å². The lowest BCUT2D eigenvalue weighted by molar-refractivity contribution is -0.385. The quantitative estimate of drug-likeness (QED) is 0.0841. The number of nitrogens with two attached hydrogens (primary N) is 1. The zero-order valence-electron chi connectivity index (χ0n) is 21.9. The lowest BCUT2D eigenvalue weighted by atomic mass is 9.97. The van der Waals surface area contributed by atoms with Crippen molar-refractivity contribution < 1.29 is 17.9 Å². The summed E-state index contributed by atoms with van der Waals surface area (Å²) in [6.07, 6.45) is 22.7. The van der Waals surface area contributed by atoms with E-state index < -0.39 is 25.6 Å². The monoisotopic (exact) mass is 534 g/mol. The van der Waals surface area contributed by atoms with Crippen LogP contribution in [-0.2, 0) is 10.1 Å². The molecule has 1 rings (SSSR count). The number of halogens is 1. The molecular weight excluding hydrogens is 488 g/mol. The summed E-state index contributed by atoms with van der Waals surface area (Å²) in [5.74, 6) is 0. The maximum Gasteiger partial charge on any atom is 0.296 e. The third kappa shape index (κ3) is 19.6. The normalized spacial score (nSPS) is 11.7. The van der Waals surface area contributed by atoms with Crippen LogP contribution in [0.4, 0.5) is 5.69 Å². The standard InChI is InChI=1S/C20H43N.C6H4ClNO5S/c1-4-5-6-7-8-9-10-11-12-13-14-15-16-17-18-19-20(2,3)21;7-5-2-1-4(8(9)10)3-6(5)14(11,12)13/h4-19,21H2,1-3H3;1-3H,(H,11,12,13). The summed E-state index contributed by atoms with van der Waals surface area (Å²) in [5.41, 5.74) is 5.57. The number of rotatable bonds is 18. The van der Waals surface area contributed by atoms with Gasteiger partial charge in [0, 0.05) is 17.7 Å². The minimum absolute atomic E-state index is 0.0382. The van der Waals surface area contributed by atoms with Gasteiger partial charge in [-0.2, -0.15) is 8.42 Å². The summed E-state index contributed by atoms with van der Waals surface area (Å²) in [7, 11) is -4.53. The molecule has 0 unspecified atom stereocenters. The molecule has 0 spiro atoms. The SMILES string of the molecule is CCCCCCCCCCCCCCCCCC(C)(C)N.O=[N+]([O-])c1ccc(Cl)c(S(=O)(=O)O)c1. The Balaban J connectivity index is 0.000000712. The van der Waals surface area contributed by atoms with Gasteiger partial charge in [-0.3, -0.25) is 14.7 Å². The van der Waals surface area contributed by atoms with Gasteiger partial charge in [-0.15, -0.1) is 0 Å². The first-order valence-corrected chi connectivity index (χ1v) is 14.9. The molecule has 0 saturated heterocycles. The molecule has 9 heteroatoms. The van der Waals surface area contributed by atoms with Crippen LogP contribution < -0.4 is 5.73 Å². The summed E-state index contributed by atoms with van der Waals surface area (Å²) in [6, 6.07) is 2.76. The zero-order chi connectivity index (χ0) is 26.7. The molecule has 204 valence electrons. The molecule has 0 heterocycles. The van der Waals surface area contributed by atoms with Crippen molar-refractivity contribution in [1.82, 2.24) is 0 Å². The molecule has 0 aliphatic carbocycles. The highest BCUT2D eigenvalue weighted by atomic mass is 35.5. The van der Waals surface area contributed by atoms with Crippen LogP contribution in [0.5, 0.6) is 0 Å². The lowest BCUT2D eigenvalue weighted by Crippen LogP contribution is -2.31. The second-order valence-corrected chi connectivity index (χ2v) is 11.8. The number of nitro groups is 1. The van der Waals surface area contributed by atoms with Crippen molar-refractivity contribution >= 4 is 27.4 Å². The largest absolute Gasteiger partial charge is 0.326 e. The Hall–Kier alpha value is -1.22. The number of hydrogen-bond acceptors (Lipinski definition) is 5. The fraction of sp³-hybridized carbons (Fsp3) is 0.769. The van der Waals surface area contributed by atoms with Crippen LogP contribution in [0.15, 0.2) is 23.1 Å². The molecule has 0 fully saturated rings. The molecule has 0 aliphatic heterocycles. The van der Waals surface area contributed by atoms with Crippen molar-refractivity contribution in [3.8, 4) is 0 Å². The average Bonchev–Trinajstić information content (AvgIpc) is 2.75. The number of nitro benzene ring substituents is 1. The van der Waals surface area contributed by atoms with E-state index in [4.69, 9.17) is 21.9 Å². The Morgan fingerprint density at radius 2 is 1.29 bits per heavy atom. The molecule has 0 bridgehead atoms. The van der Waals surface area contributed by atoms with E-state index in [-0.39, 0.29) is 10.6 Å². The maximum absolute atomic E-state index is 10.7. The molecule has 0 aliphatic rings. The van der Waals surface area contributed by atoms with E-state index in [2.05, 4.69) is 20.8 Å². The Morgan fingerprint density at radius 1 is 0.886 bits per heavy atom. The highest BCUT2D eigenvalue weighted by Gasteiger charge is 2.18. The molecule has 0 aromatic heterocycles. The summed E-state index contributed by atoms with van der Waals surface area (Å²) in [5, 5.41) is 10.0. The highest BCUT2D eigenvalue weighted by molar-refractivity contribution is 7.86. The number of non-ortho nitro benzene ring substituents is 1.